The van der Waals surface area contributed by atoms with Gasteiger partial charge in [-0.1, -0.05) is 34.1 Å². The summed E-state index contributed by atoms with van der Waals surface area (Å²) in [6, 6.07) is 7.48. The quantitative estimate of drug-likeness (QED) is 0.330. The van der Waals surface area contributed by atoms with Crippen molar-refractivity contribution in [3.05, 3.63) is 23.8 Å². The highest BCUT2D eigenvalue weighted by Gasteiger charge is 2.32. The van der Waals surface area contributed by atoms with Crippen molar-refractivity contribution in [1.29, 1.82) is 0 Å². The highest BCUT2D eigenvalue weighted by molar-refractivity contribution is 5.63. The van der Waals surface area contributed by atoms with Gasteiger partial charge in [-0.15, -0.1) is 0 Å². The van der Waals surface area contributed by atoms with E-state index in [4.69, 9.17) is 9.47 Å². The maximum absolute atomic E-state index is 6.03. The summed E-state index contributed by atoms with van der Waals surface area (Å²) in [4.78, 5) is 7.97. The topological polar surface area (TPSA) is 28.2 Å². The maximum Gasteiger partial charge on any atom is 0.0704 e. The van der Waals surface area contributed by atoms with E-state index in [1.165, 1.54) is 69.5 Å². The maximum atomic E-state index is 6.03. The molecule has 210 valence electrons. The van der Waals surface area contributed by atoms with Gasteiger partial charge >= 0.3 is 0 Å². The number of unbranched alkanes of at least 4 members (excludes halogenated alkanes) is 1. The van der Waals surface area contributed by atoms with Crippen LogP contribution in [0.4, 0.5) is 11.4 Å². The van der Waals surface area contributed by atoms with Crippen LogP contribution < -0.4 is 9.80 Å². The Balaban J connectivity index is 1.46. The molecule has 1 aromatic rings. The van der Waals surface area contributed by atoms with Gasteiger partial charge in [-0.25, -0.2) is 0 Å². The predicted molar refractivity (Wildman–Crippen MR) is 157 cm³/mol. The first-order chi connectivity index (χ1) is 17.9. The van der Waals surface area contributed by atoms with Crippen molar-refractivity contribution in [3.8, 4) is 0 Å². The third-order valence-corrected chi connectivity index (χ3v) is 9.39. The van der Waals surface area contributed by atoms with E-state index in [0.717, 1.165) is 44.9 Å². The average molecular weight is 514 g/mol. The normalized spacial score (nSPS) is 24.6. The Morgan fingerprint density at radius 3 is 2.16 bits per heavy atom. The van der Waals surface area contributed by atoms with E-state index in [1.807, 2.05) is 0 Å². The van der Waals surface area contributed by atoms with Crippen LogP contribution in [0.3, 0.4) is 0 Å². The van der Waals surface area contributed by atoms with E-state index in [9.17, 15) is 0 Å². The minimum atomic E-state index is 0.377. The number of hydrogen-bond donors (Lipinski definition) is 0. The number of piperazine rings is 1. The predicted octanol–water partition coefficient (Wildman–Crippen LogP) is 6.56. The van der Waals surface area contributed by atoms with Crippen molar-refractivity contribution in [2.75, 3.05) is 75.9 Å². The third-order valence-electron chi connectivity index (χ3n) is 9.39. The van der Waals surface area contributed by atoms with Crippen LogP contribution in [0.2, 0.25) is 0 Å². The molecule has 1 aliphatic carbocycles. The van der Waals surface area contributed by atoms with Crippen LogP contribution in [0.15, 0.2) is 18.2 Å². The number of anilines is 2. The molecule has 0 spiro atoms. The second-order valence-electron chi connectivity index (χ2n) is 12.9. The molecule has 3 fully saturated rings. The summed E-state index contributed by atoms with van der Waals surface area (Å²) < 4.78 is 11.2. The van der Waals surface area contributed by atoms with Crippen LogP contribution in [-0.2, 0) is 9.47 Å². The molecule has 0 amide bonds. The van der Waals surface area contributed by atoms with Gasteiger partial charge in [0.1, 0.15) is 0 Å². The monoisotopic (exact) mass is 513 g/mol. The molecule has 4 rings (SSSR count). The second-order valence-corrected chi connectivity index (χ2v) is 12.9. The van der Waals surface area contributed by atoms with Gasteiger partial charge < -0.3 is 19.3 Å². The minimum Gasteiger partial charge on any atom is -0.382 e. The molecular formula is C32H55N3O2. The highest BCUT2D eigenvalue weighted by Crippen LogP contribution is 2.46. The molecule has 0 bridgehead atoms. The first-order valence-electron chi connectivity index (χ1n) is 15.4. The zero-order valence-corrected chi connectivity index (χ0v) is 24.6. The van der Waals surface area contributed by atoms with Crippen LogP contribution >= 0.6 is 0 Å². The second kappa shape index (κ2) is 13.7. The van der Waals surface area contributed by atoms with Gasteiger partial charge in [-0.2, -0.15) is 0 Å². The Bertz CT molecular complexity index is 799. The van der Waals surface area contributed by atoms with Crippen LogP contribution in [0.5, 0.6) is 0 Å². The summed E-state index contributed by atoms with van der Waals surface area (Å²) in [5, 5.41) is 0. The third kappa shape index (κ3) is 7.86. The zero-order valence-electron chi connectivity index (χ0n) is 24.6. The summed E-state index contributed by atoms with van der Waals surface area (Å²) in [7, 11) is 1.75. The lowest BCUT2D eigenvalue weighted by molar-refractivity contribution is 0.00610. The molecule has 3 aliphatic rings. The number of ether oxygens (including phenoxy) is 2. The van der Waals surface area contributed by atoms with Crippen molar-refractivity contribution < 1.29 is 9.47 Å². The number of methoxy groups -OCH3 is 1. The summed E-state index contributed by atoms with van der Waals surface area (Å²) >= 11 is 0. The van der Waals surface area contributed by atoms with Crippen molar-refractivity contribution in [2.24, 2.45) is 11.3 Å². The van der Waals surface area contributed by atoms with Crippen molar-refractivity contribution in [2.45, 2.75) is 91.1 Å². The summed E-state index contributed by atoms with van der Waals surface area (Å²) in [6.07, 6.45) is 10.6. The van der Waals surface area contributed by atoms with Crippen LogP contribution in [-0.4, -0.2) is 77.1 Å². The molecule has 0 aromatic heterocycles. The fourth-order valence-corrected chi connectivity index (χ4v) is 6.80. The standard InChI is InChI=1S/C32H55N3O2/c1-6-7-16-33-19-21-35(22-20-33)31-13-12-28(34-17-14-29(15-18-34)37-24-23-36-5)25-30(31)26-8-10-27(11-9-26)32(2,3)4/h12-13,25-27,29H,6-11,14-24H2,1-5H3. The lowest BCUT2D eigenvalue weighted by Gasteiger charge is -2.41. The van der Waals surface area contributed by atoms with Gasteiger partial charge in [0.05, 0.1) is 19.3 Å². The number of rotatable bonds is 10. The smallest absolute Gasteiger partial charge is 0.0704 e. The van der Waals surface area contributed by atoms with E-state index < -0.39 is 0 Å². The Morgan fingerprint density at radius 2 is 1.54 bits per heavy atom. The highest BCUT2D eigenvalue weighted by atomic mass is 16.5. The fraction of sp³-hybridized carbons (Fsp3) is 0.812. The largest absolute Gasteiger partial charge is 0.382 e. The SMILES string of the molecule is CCCCN1CCN(c2ccc(N3CCC(OCCOC)CC3)cc2C2CCC(C(C)(C)C)CC2)CC1. The van der Waals surface area contributed by atoms with Crippen molar-refractivity contribution >= 4 is 11.4 Å². The van der Waals surface area contributed by atoms with Crippen LogP contribution in [0, 0.1) is 11.3 Å². The van der Waals surface area contributed by atoms with Crippen LogP contribution in [0.25, 0.3) is 0 Å². The summed E-state index contributed by atoms with van der Waals surface area (Å²) in [5.41, 5.74) is 5.01. The van der Waals surface area contributed by atoms with Crippen molar-refractivity contribution in [3.63, 3.8) is 0 Å². The molecule has 1 saturated carbocycles. The Labute approximate surface area is 227 Å². The van der Waals surface area contributed by atoms with Gasteiger partial charge in [0.25, 0.3) is 0 Å². The first kappa shape index (κ1) is 28.7. The van der Waals surface area contributed by atoms with E-state index in [0.29, 0.717) is 30.7 Å². The number of benzene rings is 1. The number of nitrogens with zero attached hydrogens (tertiary/aromatic N) is 3. The number of hydrogen-bond acceptors (Lipinski definition) is 5. The zero-order chi connectivity index (χ0) is 26.3. The van der Waals surface area contributed by atoms with Gasteiger partial charge in [0.2, 0.25) is 0 Å². The van der Waals surface area contributed by atoms with Gasteiger partial charge in [0.15, 0.2) is 0 Å². The summed E-state index contributed by atoms with van der Waals surface area (Å²) in [5.74, 6) is 1.55. The van der Waals surface area contributed by atoms with Gasteiger partial charge in [-0.05, 0) is 92.5 Å². The van der Waals surface area contributed by atoms with Crippen molar-refractivity contribution in [1.82, 2.24) is 4.90 Å². The molecule has 2 heterocycles. The molecule has 0 unspecified atom stereocenters. The molecule has 0 N–H and O–H groups in total. The Kier molecular flexibility index (Phi) is 10.6. The molecule has 2 aliphatic heterocycles. The van der Waals surface area contributed by atoms with E-state index in [2.05, 4.69) is 60.6 Å². The molecule has 1 aromatic carbocycles. The van der Waals surface area contributed by atoms with Gasteiger partial charge in [-0.3, -0.25) is 4.90 Å². The molecular weight excluding hydrogens is 458 g/mol. The van der Waals surface area contributed by atoms with E-state index in [-0.39, 0.29) is 0 Å². The summed E-state index contributed by atoms with van der Waals surface area (Å²) in [6.45, 7) is 19.2. The molecule has 0 radical (unpaired) electrons. The fourth-order valence-electron chi connectivity index (χ4n) is 6.80. The molecule has 5 nitrogen and oxygen atoms in total. The number of piperidine rings is 1. The van der Waals surface area contributed by atoms with E-state index in [1.54, 1.807) is 12.7 Å². The first-order valence-corrected chi connectivity index (χ1v) is 15.4. The minimum absolute atomic E-state index is 0.377. The molecule has 2 saturated heterocycles. The lowest BCUT2D eigenvalue weighted by Crippen LogP contribution is -2.47. The van der Waals surface area contributed by atoms with Crippen LogP contribution in [0.1, 0.15) is 90.5 Å². The lowest BCUT2D eigenvalue weighted by atomic mass is 9.68. The Morgan fingerprint density at radius 1 is 0.838 bits per heavy atom. The van der Waals surface area contributed by atoms with Gasteiger partial charge in [0, 0.05) is 57.8 Å². The molecule has 5 heteroatoms. The Hall–Kier alpha value is -1.30. The van der Waals surface area contributed by atoms with E-state index >= 15 is 0 Å². The molecule has 37 heavy (non-hydrogen) atoms. The average Bonchev–Trinajstić information content (AvgIpc) is 2.92. The molecule has 0 atom stereocenters.